The van der Waals surface area contributed by atoms with Crippen molar-refractivity contribution in [2.24, 2.45) is 0 Å². The van der Waals surface area contributed by atoms with Gasteiger partial charge in [0.1, 0.15) is 0 Å². The van der Waals surface area contributed by atoms with Crippen LogP contribution in [0, 0.1) is 11.2 Å². The molecule has 1 aromatic carbocycles. The highest BCUT2D eigenvalue weighted by molar-refractivity contribution is 6.75. The van der Waals surface area contributed by atoms with Crippen LogP contribution >= 0.6 is 0 Å². The van der Waals surface area contributed by atoms with Crippen LogP contribution in [0.3, 0.4) is 0 Å². The fourth-order valence-corrected chi connectivity index (χ4v) is 1.57. The maximum atomic E-state index is 8.93. The quantitative estimate of drug-likeness (QED) is 0.547. The van der Waals surface area contributed by atoms with Crippen LogP contribution in [0.1, 0.15) is 18.9 Å². The van der Waals surface area contributed by atoms with Crippen LogP contribution < -0.4 is 0 Å². The van der Waals surface area contributed by atoms with Gasteiger partial charge in [0.05, 0.1) is 0 Å². The largest absolute Gasteiger partial charge is 0.297 e. The molecule has 2 heteroatoms. The normalized spacial score (nSPS) is 10.7. The lowest BCUT2D eigenvalue weighted by atomic mass is 9.46. The first-order valence-electron chi connectivity index (χ1n) is 5.55. The first kappa shape index (κ1) is 12.3. The minimum atomic E-state index is -0.141. The third-order valence-electron chi connectivity index (χ3n) is 2.56. The number of nitriles is 1. The van der Waals surface area contributed by atoms with Crippen molar-refractivity contribution in [1.29, 1.82) is 5.26 Å². The molecular weight excluding hydrogens is 193 g/mol. The van der Waals surface area contributed by atoms with Crippen molar-refractivity contribution < 1.29 is 0 Å². The molecule has 0 saturated carbocycles. The van der Waals surface area contributed by atoms with Crippen molar-refractivity contribution in [3.8, 4) is 5.97 Å². The van der Waals surface area contributed by atoms with E-state index in [9.17, 15) is 0 Å². The van der Waals surface area contributed by atoms with Gasteiger partial charge in [0, 0.05) is 5.97 Å². The van der Waals surface area contributed by atoms with E-state index in [4.69, 9.17) is 5.26 Å². The first-order chi connectivity index (χ1) is 7.70. The molecule has 0 spiro atoms. The minimum Gasteiger partial charge on any atom is -0.212 e. The van der Waals surface area contributed by atoms with E-state index >= 15 is 0 Å². The highest BCUT2D eigenvalue weighted by Gasteiger charge is 2.15. The van der Waals surface area contributed by atoms with E-state index in [0.29, 0.717) is 0 Å². The molecule has 0 amide bonds. The fraction of sp³-hybridized carbons (Fsp3) is 0.214. The molecule has 0 heterocycles. The molecule has 0 fully saturated rings. The van der Waals surface area contributed by atoms with Crippen molar-refractivity contribution in [2.45, 2.75) is 20.2 Å². The van der Waals surface area contributed by atoms with Gasteiger partial charge in [0.2, 0.25) is 0 Å². The molecule has 0 N–H and O–H groups in total. The maximum absolute atomic E-state index is 8.93. The summed E-state index contributed by atoms with van der Waals surface area (Å²) in [5.41, 5.74) is 3.13. The summed E-state index contributed by atoms with van der Waals surface area (Å²) >= 11 is 0. The predicted molar refractivity (Wildman–Crippen MR) is 71.1 cm³/mol. The number of hydrogen-bond acceptors (Lipinski definition) is 1. The van der Waals surface area contributed by atoms with E-state index in [1.54, 1.807) is 0 Å². The molecule has 0 aliphatic carbocycles. The average molecular weight is 209 g/mol. The fourth-order valence-electron chi connectivity index (χ4n) is 1.57. The summed E-state index contributed by atoms with van der Waals surface area (Å²) in [6, 6.07) is 10.1. The summed E-state index contributed by atoms with van der Waals surface area (Å²) in [6.07, 6.45) is 3.08. The van der Waals surface area contributed by atoms with Gasteiger partial charge in [-0.3, -0.25) is 0 Å². The number of nitrogens with zero attached hydrogens (tertiary/aromatic N) is 1. The van der Waals surface area contributed by atoms with Crippen molar-refractivity contribution in [2.75, 3.05) is 0 Å². The standard InChI is InChI=1S/C14H16BN/c1-4-8-14(12(2)15(3)11-16)13-9-6-5-7-10-13/h5-10H,2,4H2,1,3H3/b14-8+. The minimum absolute atomic E-state index is 0.141. The van der Waals surface area contributed by atoms with Gasteiger partial charge in [0.15, 0.2) is 0 Å². The molecule has 1 aromatic rings. The Morgan fingerprint density at radius 2 is 2.06 bits per heavy atom. The summed E-state index contributed by atoms with van der Waals surface area (Å²) in [6.45, 7) is 7.86. The van der Waals surface area contributed by atoms with Crippen LogP contribution in [-0.2, 0) is 0 Å². The Kier molecular flexibility index (Phi) is 4.60. The summed E-state index contributed by atoms with van der Waals surface area (Å²) in [4.78, 5) is 0. The Hall–Kier alpha value is -1.75. The summed E-state index contributed by atoms with van der Waals surface area (Å²) < 4.78 is 0. The SMILES string of the molecule is C=C(B(C)C#N)/C(=C\CC)c1ccccc1. The van der Waals surface area contributed by atoms with E-state index in [1.807, 2.05) is 25.0 Å². The zero-order chi connectivity index (χ0) is 12.0. The Bertz CT molecular complexity index is 426. The lowest BCUT2D eigenvalue weighted by Gasteiger charge is -2.11. The summed E-state index contributed by atoms with van der Waals surface area (Å²) in [7, 11) is 0. The number of allylic oxidation sites excluding steroid dienone is 3. The van der Waals surface area contributed by atoms with Crippen LogP contribution in [0.5, 0.6) is 0 Å². The maximum Gasteiger partial charge on any atom is 0.297 e. The molecule has 0 atom stereocenters. The highest BCUT2D eigenvalue weighted by atomic mass is 14.2. The molecule has 0 aliphatic rings. The van der Waals surface area contributed by atoms with Crippen LogP contribution in [0.15, 0.2) is 48.5 Å². The second-order valence-electron chi connectivity index (χ2n) is 3.77. The lowest BCUT2D eigenvalue weighted by Crippen LogP contribution is -2.09. The van der Waals surface area contributed by atoms with Crippen LogP contribution in [-0.4, -0.2) is 6.71 Å². The molecule has 0 radical (unpaired) electrons. The van der Waals surface area contributed by atoms with Crippen LogP contribution in [0.4, 0.5) is 0 Å². The molecule has 0 bridgehead atoms. The van der Waals surface area contributed by atoms with Gasteiger partial charge >= 0.3 is 0 Å². The van der Waals surface area contributed by atoms with Gasteiger partial charge in [-0.15, -0.1) is 6.58 Å². The van der Waals surface area contributed by atoms with E-state index < -0.39 is 0 Å². The molecular formula is C14H16BN. The van der Waals surface area contributed by atoms with Gasteiger partial charge < -0.3 is 0 Å². The van der Waals surface area contributed by atoms with E-state index in [0.717, 1.165) is 23.0 Å². The van der Waals surface area contributed by atoms with Crippen LogP contribution in [0.2, 0.25) is 6.82 Å². The number of hydrogen-bond donors (Lipinski definition) is 0. The summed E-state index contributed by atoms with van der Waals surface area (Å²) in [5.74, 6) is 2.23. The Morgan fingerprint density at radius 1 is 1.44 bits per heavy atom. The van der Waals surface area contributed by atoms with Crippen molar-refractivity contribution >= 4 is 12.3 Å². The predicted octanol–water partition coefficient (Wildman–Crippen LogP) is 3.76. The smallest absolute Gasteiger partial charge is 0.212 e. The Labute approximate surface area is 98.2 Å². The Balaban J connectivity index is 3.08. The second kappa shape index (κ2) is 5.97. The molecule has 0 saturated heterocycles. The van der Waals surface area contributed by atoms with E-state index in [1.165, 1.54) is 0 Å². The zero-order valence-electron chi connectivity index (χ0n) is 9.90. The molecule has 16 heavy (non-hydrogen) atoms. The van der Waals surface area contributed by atoms with Gasteiger partial charge in [-0.1, -0.05) is 55.6 Å². The van der Waals surface area contributed by atoms with E-state index in [-0.39, 0.29) is 6.71 Å². The Morgan fingerprint density at radius 3 is 2.56 bits per heavy atom. The molecule has 1 rings (SSSR count). The van der Waals surface area contributed by atoms with E-state index in [2.05, 4.69) is 37.7 Å². The van der Waals surface area contributed by atoms with Gasteiger partial charge in [0.25, 0.3) is 6.71 Å². The monoisotopic (exact) mass is 209 g/mol. The zero-order valence-corrected chi connectivity index (χ0v) is 9.90. The molecule has 0 unspecified atom stereocenters. The molecule has 1 nitrogen and oxygen atoms in total. The highest BCUT2D eigenvalue weighted by Crippen LogP contribution is 2.23. The van der Waals surface area contributed by atoms with Gasteiger partial charge in [-0.2, -0.15) is 0 Å². The number of rotatable bonds is 4. The molecule has 0 aromatic heterocycles. The van der Waals surface area contributed by atoms with Crippen LogP contribution in [0.25, 0.3) is 5.57 Å². The van der Waals surface area contributed by atoms with Crippen molar-refractivity contribution in [1.82, 2.24) is 0 Å². The first-order valence-corrected chi connectivity index (χ1v) is 5.55. The third kappa shape index (κ3) is 2.87. The summed E-state index contributed by atoms with van der Waals surface area (Å²) in [5, 5.41) is 8.93. The topological polar surface area (TPSA) is 23.8 Å². The third-order valence-corrected chi connectivity index (χ3v) is 2.56. The second-order valence-corrected chi connectivity index (χ2v) is 3.77. The van der Waals surface area contributed by atoms with Crippen molar-refractivity contribution in [3.63, 3.8) is 0 Å². The van der Waals surface area contributed by atoms with Gasteiger partial charge in [-0.05, 0) is 17.6 Å². The van der Waals surface area contributed by atoms with Gasteiger partial charge in [-0.25, -0.2) is 5.26 Å². The molecule has 80 valence electrons. The van der Waals surface area contributed by atoms with Crippen molar-refractivity contribution in [3.05, 3.63) is 54.0 Å². The number of benzene rings is 1. The lowest BCUT2D eigenvalue weighted by molar-refractivity contribution is 1.23. The average Bonchev–Trinajstić information content (AvgIpc) is 2.35. The molecule has 0 aliphatic heterocycles.